The van der Waals surface area contributed by atoms with Crippen LogP contribution in [0.3, 0.4) is 0 Å². The van der Waals surface area contributed by atoms with Crippen LogP contribution in [0.15, 0.2) is 54.6 Å². The highest BCUT2D eigenvalue weighted by molar-refractivity contribution is 7.99. The normalized spacial score (nSPS) is 13.3. The van der Waals surface area contributed by atoms with Crippen LogP contribution in [0.4, 0.5) is 4.79 Å². The first-order valence-electron chi connectivity index (χ1n) is 11.7. The SMILES string of the molecule is COC(=O)C(SCc1ccc(OC)cc1)C(CCS(=O)(=O)NC(C)(C)C)NC(=O)OCc1ccccc1. The van der Waals surface area contributed by atoms with Crippen LogP contribution in [-0.2, 0) is 36.7 Å². The summed E-state index contributed by atoms with van der Waals surface area (Å²) in [5.41, 5.74) is 1.05. The van der Waals surface area contributed by atoms with E-state index >= 15 is 0 Å². The van der Waals surface area contributed by atoms with E-state index in [0.717, 1.165) is 11.1 Å². The Morgan fingerprint density at radius 1 is 0.973 bits per heavy atom. The summed E-state index contributed by atoms with van der Waals surface area (Å²) in [6.45, 7) is 5.25. The number of amides is 1. The number of methoxy groups -OCH3 is 2. The van der Waals surface area contributed by atoms with Gasteiger partial charge in [-0.25, -0.2) is 17.9 Å². The molecule has 2 rings (SSSR count). The minimum Gasteiger partial charge on any atom is -0.497 e. The van der Waals surface area contributed by atoms with Crippen molar-refractivity contribution < 1.29 is 32.2 Å². The molecule has 9 nitrogen and oxygen atoms in total. The largest absolute Gasteiger partial charge is 0.497 e. The van der Waals surface area contributed by atoms with Gasteiger partial charge in [0, 0.05) is 11.3 Å². The zero-order valence-corrected chi connectivity index (χ0v) is 23.5. The topological polar surface area (TPSA) is 120 Å². The van der Waals surface area contributed by atoms with Gasteiger partial charge in [0.05, 0.1) is 26.0 Å². The number of thioether (sulfide) groups is 1. The number of hydrogen-bond donors (Lipinski definition) is 2. The van der Waals surface area contributed by atoms with E-state index < -0.39 is 38.9 Å². The standard InChI is InChI=1S/C26H36N2O7S2/c1-26(2,3)28-37(31,32)16-15-22(27-25(30)35-17-19-9-7-6-8-10-19)23(24(29)34-5)36-18-20-11-13-21(33-4)14-12-20/h6-14,22-23,28H,15-18H2,1-5H3,(H,27,30). The molecule has 2 unspecified atom stereocenters. The number of alkyl carbamates (subject to hydrolysis) is 1. The van der Waals surface area contributed by atoms with E-state index in [1.54, 1.807) is 27.9 Å². The lowest BCUT2D eigenvalue weighted by Gasteiger charge is -2.27. The van der Waals surface area contributed by atoms with Gasteiger partial charge in [-0.1, -0.05) is 42.5 Å². The van der Waals surface area contributed by atoms with E-state index in [1.165, 1.54) is 18.9 Å². The Labute approximate surface area is 223 Å². The molecule has 2 aromatic rings. The van der Waals surface area contributed by atoms with Crippen molar-refractivity contribution in [3.63, 3.8) is 0 Å². The van der Waals surface area contributed by atoms with Gasteiger partial charge in [-0.05, 0) is 50.5 Å². The van der Waals surface area contributed by atoms with Crippen LogP contribution in [-0.4, -0.2) is 57.3 Å². The van der Waals surface area contributed by atoms with E-state index in [4.69, 9.17) is 14.2 Å². The second-order valence-electron chi connectivity index (χ2n) is 9.38. The van der Waals surface area contributed by atoms with Crippen LogP contribution in [0.25, 0.3) is 0 Å². The van der Waals surface area contributed by atoms with Crippen LogP contribution >= 0.6 is 11.8 Å². The summed E-state index contributed by atoms with van der Waals surface area (Å²) in [5.74, 6) is 0.252. The third-order valence-corrected chi connectivity index (χ3v) is 8.14. The maximum absolute atomic E-state index is 12.8. The number of nitrogens with one attached hydrogen (secondary N) is 2. The quantitative estimate of drug-likeness (QED) is 0.360. The van der Waals surface area contributed by atoms with Crippen LogP contribution in [0.1, 0.15) is 38.3 Å². The summed E-state index contributed by atoms with van der Waals surface area (Å²) in [6.07, 6.45) is -0.782. The average molecular weight is 553 g/mol. The lowest BCUT2D eigenvalue weighted by Crippen LogP contribution is -2.48. The molecule has 0 radical (unpaired) electrons. The van der Waals surface area contributed by atoms with Gasteiger partial charge in [0.15, 0.2) is 0 Å². The van der Waals surface area contributed by atoms with Crippen molar-refractivity contribution in [3.8, 4) is 5.75 Å². The Morgan fingerprint density at radius 3 is 2.19 bits per heavy atom. The summed E-state index contributed by atoms with van der Waals surface area (Å²) >= 11 is 1.25. The number of hydrogen-bond acceptors (Lipinski definition) is 8. The summed E-state index contributed by atoms with van der Waals surface area (Å²) < 4.78 is 43.4. The molecule has 1 amide bonds. The first-order chi connectivity index (χ1) is 17.4. The molecular formula is C26H36N2O7S2. The van der Waals surface area contributed by atoms with Crippen LogP contribution in [0.2, 0.25) is 0 Å². The first-order valence-corrected chi connectivity index (χ1v) is 14.4. The zero-order chi connectivity index (χ0) is 27.5. The minimum absolute atomic E-state index is 0.0266. The van der Waals surface area contributed by atoms with E-state index in [-0.39, 0.29) is 18.8 Å². The predicted octanol–water partition coefficient (Wildman–Crippen LogP) is 3.87. The molecule has 37 heavy (non-hydrogen) atoms. The van der Waals surface area contributed by atoms with Crippen molar-refractivity contribution in [2.75, 3.05) is 20.0 Å². The summed E-state index contributed by atoms with van der Waals surface area (Å²) in [5, 5.41) is 1.82. The molecule has 2 atom stereocenters. The molecule has 0 aliphatic heterocycles. The number of carbonyl (C=O) groups excluding carboxylic acids is 2. The highest BCUT2D eigenvalue weighted by atomic mass is 32.2. The average Bonchev–Trinajstić information content (AvgIpc) is 2.85. The molecule has 0 spiro atoms. The van der Waals surface area contributed by atoms with Gasteiger partial charge in [0.25, 0.3) is 0 Å². The van der Waals surface area contributed by atoms with Gasteiger partial charge in [-0.3, -0.25) is 4.79 Å². The van der Waals surface area contributed by atoms with Crippen molar-refractivity contribution in [2.45, 2.75) is 56.4 Å². The fraction of sp³-hybridized carbons (Fsp3) is 0.462. The molecular weight excluding hydrogens is 516 g/mol. The molecule has 0 saturated heterocycles. The fourth-order valence-corrected chi connectivity index (χ4v) is 6.22. The van der Waals surface area contributed by atoms with E-state index in [2.05, 4.69) is 10.0 Å². The zero-order valence-electron chi connectivity index (χ0n) is 21.9. The number of esters is 1. The van der Waals surface area contributed by atoms with Gasteiger partial charge in [-0.15, -0.1) is 11.8 Å². The van der Waals surface area contributed by atoms with Crippen molar-refractivity contribution in [1.29, 1.82) is 0 Å². The number of ether oxygens (including phenoxy) is 3. The minimum atomic E-state index is -3.68. The van der Waals surface area contributed by atoms with Crippen LogP contribution in [0.5, 0.6) is 5.75 Å². The summed E-state index contributed by atoms with van der Waals surface area (Å²) in [6, 6.07) is 15.6. The van der Waals surface area contributed by atoms with Gasteiger partial charge in [-0.2, -0.15) is 0 Å². The van der Waals surface area contributed by atoms with Crippen LogP contribution < -0.4 is 14.8 Å². The second kappa shape index (κ2) is 14.3. The molecule has 0 aliphatic carbocycles. The monoisotopic (exact) mass is 552 g/mol. The molecule has 0 saturated carbocycles. The van der Waals surface area contributed by atoms with Crippen molar-refractivity contribution in [1.82, 2.24) is 10.0 Å². The molecule has 0 bridgehead atoms. The maximum Gasteiger partial charge on any atom is 0.407 e. The number of carbonyl (C=O) groups is 2. The summed E-state index contributed by atoms with van der Waals surface area (Å²) in [4.78, 5) is 25.4. The molecule has 0 fully saturated rings. The highest BCUT2D eigenvalue weighted by Crippen LogP contribution is 2.25. The smallest absolute Gasteiger partial charge is 0.407 e. The molecule has 11 heteroatoms. The molecule has 2 aromatic carbocycles. The lowest BCUT2D eigenvalue weighted by atomic mass is 10.1. The van der Waals surface area contributed by atoms with Crippen molar-refractivity contribution >= 4 is 33.8 Å². The highest BCUT2D eigenvalue weighted by Gasteiger charge is 2.33. The maximum atomic E-state index is 12.8. The fourth-order valence-electron chi connectivity index (χ4n) is 3.39. The Hall–Kier alpha value is -2.76. The number of rotatable bonds is 13. The van der Waals surface area contributed by atoms with E-state index in [0.29, 0.717) is 11.5 Å². The van der Waals surface area contributed by atoms with Gasteiger partial charge in [0.1, 0.15) is 17.6 Å². The molecule has 0 heterocycles. The van der Waals surface area contributed by atoms with Gasteiger partial charge < -0.3 is 19.5 Å². The van der Waals surface area contributed by atoms with Crippen LogP contribution in [0, 0.1) is 0 Å². The van der Waals surface area contributed by atoms with Crippen molar-refractivity contribution in [3.05, 3.63) is 65.7 Å². The molecule has 0 aliphatic rings. The van der Waals surface area contributed by atoms with Crippen molar-refractivity contribution in [2.24, 2.45) is 0 Å². The first kappa shape index (κ1) is 30.5. The third kappa shape index (κ3) is 11.4. The predicted molar refractivity (Wildman–Crippen MR) is 145 cm³/mol. The van der Waals surface area contributed by atoms with E-state index in [1.807, 2.05) is 54.6 Å². The second-order valence-corrected chi connectivity index (χ2v) is 12.3. The van der Waals surface area contributed by atoms with Gasteiger partial charge >= 0.3 is 12.1 Å². The molecule has 2 N–H and O–H groups in total. The number of sulfonamides is 1. The third-order valence-electron chi connectivity index (χ3n) is 5.06. The molecule has 0 aromatic heterocycles. The lowest BCUT2D eigenvalue weighted by molar-refractivity contribution is -0.140. The number of benzene rings is 2. The Bertz CT molecular complexity index is 1100. The van der Waals surface area contributed by atoms with Gasteiger partial charge in [0.2, 0.25) is 10.0 Å². The Balaban J connectivity index is 2.18. The summed E-state index contributed by atoms with van der Waals surface area (Å²) in [7, 11) is -0.851. The van der Waals surface area contributed by atoms with E-state index in [9.17, 15) is 18.0 Å². The Morgan fingerprint density at radius 2 is 1.62 bits per heavy atom. The Kier molecular flexibility index (Phi) is 11.7. The molecule has 204 valence electrons.